The quantitative estimate of drug-likeness (QED) is 0.454. The van der Waals surface area contributed by atoms with Crippen LogP contribution in [0.4, 0.5) is 5.82 Å². The van der Waals surface area contributed by atoms with E-state index in [-0.39, 0.29) is 0 Å². The fourth-order valence-corrected chi connectivity index (χ4v) is 3.18. The van der Waals surface area contributed by atoms with Crippen LogP contribution in [0.5, 0.6) is 6.01 Å². The number of anilines is 1. The van der Waals surface area contributed by atoms with Gasteiger partial charge in [-0.15, -0.1) is 0 Å². The van der Waals surface area contributed by atoms with Gasteiger partial charge in [0.2, 0.25) is 0 Å². The zero-order valence-corrected chi connectivity index (χ0v) is 15.9. The molecule has 2 aromatic heterocycles. The van der Waals surface area contributed by atoms with Crippen LogP contribution in [0.3, 0.4) is 0 Å². The Bertz CT molecular complexity index is 834. The molecule has 0 atom stereocenters. The molecule has 0 aliphatic carbocycles. The van der Waals surface area contributed by atoms with Gasteiger partial charge in [0.25, 0.3) is 0 Å². The van der Waals surface area contributed by atoms with E-state index in [1.807, 2.05) is 22.8 Å². The Morgan fingerprint density at radius 3 is 2.68 bits per heavy atom. The standard InChI is InChI=1S/C18H22BrN5O/c1-2-3-7-11-24-16-14(21-17(24)19)15(20)22-18(23-16)25-12-10-13-8-5-4-6-9-13/h4-6,8-9H,2-3,7,10-12H2,1H3,(H2,20,22,23). The maximum atomic E-state index is 6.05. The van der Waals surface area contributed by atoms with Crippen LogP contribution in [-0.4, -0.2) is 26.1 Å². The number of hydrogen-bond acceptors (Lipinski definition) is 5. The van der Waals surface area contributed by atoms with Crippen LogP contribution in [0, 0.1) is 0 Å². The van der Waals surface area contributed by atoms with Gasteiger partial charge >= 0.3 is 6.01 Å². The summed E-state index contributed by atoms with van der Waals surface area (Å²) < 4.78 is 8.47. The van der Waals surface area contributed by atoms with Gasteiger partial charge in [-0.2, -0.15) is 9.97 Å². The molecule has 6 nitrogen and oxygen atoms in total. The van der Waals surface area contributed by atoms with E-state index < -0.39 is 0 Å². The van der Waals surface area contributed by atoms with Gasteiger partial charge in [0.15, 0.2) is 21.7 Å². The molecule has 7 heteroatoms. The molecule has 3 aromatic rings. The zero-order valence-electron chi connectivity index (χ0n) is 14.3. The number of aryl methyl sites for hydroxylation is 1. The van der Waals surface area contributed by atoms with E-state index in [1.165, 1.54) is 5.56 Å². The van der Waals surface area contributed by atoms with E-state index in [0.717, 1.165) is 37.0 Å². The molecule has 0 saturated heterocycles. The number of aromatic nitrogens is 4. The van der Waals surface area contributed by atoms with Crippen molar-refractivity contribution in [3.05, 3.63) is 40.6 Å². The number of fused-ring (bicyclic) bond motifs is 1. The second kappa shape index (κ2) is 8.29. The van der Waals surface area contributed by atoms with E-state index in [9.17, 15) is 0 Å². The van der Waals surface area contributed by atoms with Gasteiger partial charge in [0.05, 0.1) is 6.61 Å². The van der Waals surface area contributed by atoms with Crippen LogP contribution in [-0.2, 0) is 13.0 Å². The highest BCUT2D eigenvalue weighted by Crippen LogP contribution is 2.25. The molecule has 0 saturated carbocycles. The first-order valence-electron chi connectivity index (χ1n) is 8.55. The van der Waals surface area contributed by atoms with Gasteiger partial charge in [0, 0.05) is 13.0 Å². The van der Waals surface area contributed by atoms with Gasteiger partial charge in [-0.25, -0.2) is 4.98 Å². The lowest BCUT2D eigenvalue weighted by Gasteiger charge is -2.08. The largest absolute Gasteiger partial charge is 0.463 e. The average molecular weight is 404 g/mol. The number of ether oxygens (including phenoxy) is 1. The van der Waals surface area contributed by atoms with Gasteiger partial charge in [-0.3, -0.25) is 0 Å². The van der Waals surface area contributed by atoms with Crippen LogP contribution in [0.15, 0.2) is 35.1 Å². The summed E-state index contributed by atoms with van der Waals surface area (Å²) in [5.74, 6) is 0.342. The molecular weight excluding hydrogens is 382 g/mol. The summed E-state index contributed by atoms with van der Waals surface area (Å²) in [7, 11) is 0. The number of hydrogen-bond donors (Lipinski definition) is 1. The molecule has 0 aliphatic rings. The Kier molecular flexibility index (Phi) is 5.86. The van der Waals surface area contributed by atoms with Crippen molar-refractivity contribution >= 4 is 32.9 Å². The first-order chi connectivity index (χ1) is 12.2. The number of nitrogens with two attached hydrogens (primary N) is 1. The minimum Gasteiger partial charge on any atom is -0.463 e. The Hall–Kier alpha value is -2.15. The van der Waals surface area contributed by atoms with Crippen LogP contribution in [0.25, 0.3) is 11.2 Å². The van der Waals surface area contributed by atoms with Crippen molar-refractivity contribution in [2.45, 2.75) is 39.2 Å². The molecule has 0 radical (unpaired) electrons. The molecular formula is C18H22BrN5O. The SMILES string of the molecule is CCCCCn1c(Br)nc2c(N)nc(OCCc3ccccc3)nc21. The first-order valence-corrected chi connectivity index (χ1v) is 9.34. The fraction of sp³-hybridized carbons (Fsp3) is 0.389. The lowest BCUT2D eigenvalue weighted by atomic mass is 10.2. The number of imidazole rings is 1. The van der Waals surface area contributed by atoms with Gasteiger partial charge in [-0.1, -0.05) is 50.1 Å². The second-order valence-corrected chi connectivity index (χ2v) is 6.60. The number of benzene rings is 1. The number of unbranched alkanes of at least 4 members (excludes halogenated alkanes) is 2. The Labute approximate surface area is 155 Å². The molecule has 0 bridgehead atoms. The Morgan fingerprint density at radius 1 is 1.12 bits per heavy atom. The van der Waals surface area contributed by atoms with Gasteiger partial charge in [-0.05, 0) is 27.9 Å². The molecule has 3 rings (SSSR count). The van der Waals surface area contributed by atoms with E-state index in [1.54, 1.807) is 0 Å². The smallest absolute Gasteiger partial charge is 0.320 e. The van der Waals surface area contributed by atoms with E-state index in [0.29, 0.717) is 29.6 Å². The zero-order chi connectivity index (χ0) is 17.6. The molecule has 0 aliphatic heterocycles. The number of nitrogen functional groups attached to an aromatic ring is 1. The highest BCUT2D eigenvalue weighted by Gasteiger charge is 2.15. The molecule has 0 unspecified atom stereocenters. The normalized spacial score (nSPS) is 11.1. The summed E-state index contributed by atoms with van der Waals surface area (Å²) in [4.78, 5) is 13.2. The van der Waals surface area contributed by atoms with Gasteiger partial charge in [0.1, 0.15) is 0 Å². The maximum absolute atomic E-state index is 6.05. The molecule has 25 heavy (non-hydrogen) atoms. The predicted octanol–water partition coefficient (Wildman–Crippen LogP) is 3.98. The van der Waals surface area contributed by atoms with Gasteiger partial charge < -0.3 is 15.0 Å². The minimum absolute atomic E-state index is 0.296. The van der Waals surface area contributed by atoms with Crippen molar-refractivity contribution in [2.24, 2.45) is 0 Å². The summed E-state index contributed by atoms with van der Waals surface area (Å²) >= 11 is 3.49. The topological polar surface area (TPSA) is 78.9 Å². The van der Waals surface area contributed by atoms with E-state index in [4.69, 9.17) is 10.5 Å². The third-order valence-electron chi connectivity index (χ3n) is 4.00. The molecule has 2 N–H and O–H groups in total. The lowest BCUT2D eigenvalue weighted by Crippen LogP contribution is -2.07. The van der Waals surface area contributed by atoms with Crippen LogP contribution < -0.4 is 10.5 Å². The van der Waals surface area contributed by atoms with Crippen LogP contribution in [0.2, 0.25) is 0 Å². The van der Waals surface area contributed by atoms with E-state index >= 15 is 0 Å². The number of rotatable bonds is 8. The third-order valence-corrected chi connectivity index (χ3v) is 4.61. The summed E-state index contributed by atoms with van der Waals surface area (Å²) in [6.07, 6.45) is 4.18. The maximum Gasteiger partial charge on any atom is 0.320 e. The summed E-state index contributed by atoms with van der Waals surface area (Å²) in [5, 5.41) is 0. The van der Waals surface area contributed by atoms with Crippen molar-refractivity contribution < 1.29 is 4.74 Å². The molecule has 2 heterocycles. The van der Waals surface area contributed by atoms with Crippen molar-refractivity contribution in [2.75, 3.05) is 12.3 Å². The summed E-state index contributed by atoms with van der Waals surface area (Å²) in [5.41, 5.74) is 8.58. The van der Waals surface area contributed by atoms with Crippen LogP contribution in [0.1, 0.15) is 31.7 Å². The lowest BCUT2D eigenvalue weighted by molar-refractivity contribution is 0.297. The number of halogens is 1. The summed E-state index contributed by atoms with van der Waals surface area (Å²) in [6.45, 7) is 3.52. The predicted molar refractivity (Wildman–Crippen MR) is 103 cm³/mol. The Morgan fingerprint density at radius 2 is 1.92 bits per heavy atom. The average Bonchev–Trinajstić information content (AvgIpc) is 2.93. The van der Waals surface area contributed by atoms with Crippen molar-refractivity contribution in [1.82, 2.24) is 19.5 Å². The van der Waals surface area contributed by atoms with Crippen molar-refractivity contribution in [3.8, 4) is 6.01 Å². The van der Waals surface area contributed by atoms with E-state index in [2.05, 4.69) is 49.9 Å². The summed E-state index contributed by atoms with van der Waals surface area (Å²) in [6, 6.07) is 10.5. The number of nitrogens with zero attached hydrogens (tertiary/aromatic N) is 4. The highest BCUT2D eigenvalue weighted by molar-refractivity contribution is 9.10. The first kappa shape index (κ1) is 17.7. The second-order valence-electron chi connectivity index (χ2n) is 5.89. The molecule has 0 spiro atoms. The minimum atomic E-state index is 0.296. The molecule has 0 fully saturated rings. The third kappa shape index (κ3) is 4.28. The van der Waals surface area contributed by atoms with Crippen LogP contribution >= 0.6 is 15.9 Å². The van der Waals surface area contributed by atoms with Crippen molar-refractivity contribution in [3.63, 3.8) is 0 Å². The van der Waals surface area contributed by atoms with Crippen molar-refractivity contribution in [1.29, 1.82) is 0 Å². The molecule has 0 amide bonds. The molecule has 132 valence electrons. The molecule has 1 aromatic carbocycles. The highest BCUT2D eigenvalue weighted by atomic mass is 79.9. The monoisotopic (exact) mass is 403 g/mol. The Balaban J connectivity index is 1.76. The fourth-order valence-electron chi connectivity index (χ4n) is 2.66.